The van der Waals surface area contributed by atoms with Gasteiger partial charge in [0, 0.05) is 6.61 Å². The first-order chi connectivity index (χ1) is 16.6. The van der Waals surface area contributed by atoms with Crippen LogP contribution in [0.15, 0.2) is 48.5 Å². The van der Waals surface area contributed by atoms with Crippen molar-refractivity contribution in [2.24, 2.45) is 0 Å². The van der Waals surface area contributed by atoms with Crippen LogP contribution in [-0.4, -0.2) is 36.9 Å². The number of carbonyl (C=O) groups is 2. The number of carbonyl (C=O) groups excluding carboxylic acids is 2. The summed E-state index contributed by atoms with van der Waals surface area (Å²) < 4.78 is 16.3. The molecule has 0 atom stereocenters. The predicted molar refractivity (Wildman–Crippen MR) is 133 cm³/mol. The summed E-state index contributed by atoms with van der Waals surface area (Å²) in [5, 5.41) is 8.74. The Kier molecular flexibility index (Phi) is 13.5. The highest BCUT2D eigenvalue weighted by Gasteiger charge is 2.11. The first-order valence-corrected chi connectivity index (χ1v) is 12.5. The molecule has 0 amide bonds. The van der Waals surface area contributed by atoms with Gasteiger partial charge >= 0.3 is 11.9 Å². The molecule has 6 heteroatoms. The third kappa shape index (κ3) is 10.8. The van der Waals surface area contributed by atoms with Crippen LogP contribution in [0, 0.1) is 0 Å². The van der Waals surface area contributed by atoms with Gasteiger partial charge in [0.2, 0.25) is 0 Å². The monoisotopic (exact) mass is 470 g/mol. The van der Waals surface area contributed by atoms with E-state index in [0.29, 0.717) is 36.3 Å². The van der Waals surface area contributed by atoms with Crippen molar-refractivity contribution in [3.63, 3.8) is 0 Å². The molecule has 0 aliphatic carbocycles. The van der Waals surface area contributed by atoms with Crippen molar-refractivity contribution < 1.29 is 28.9 Å². The van der Waals surface area contributed by atoms with Crippen molar-refractivity contribution in [3.8, 4) is 11.5 Å². The lowest BCUT2D eigenvalue weighted by atomic mass is 10.1. The first-order valence-electron chi connectivity index (χ1n) is 12.5. The number of ether oxygens (including phenoxy) is 3. The van der Waals surface area contributed by atoms with Crippen molar-refractivity contribution in [1.29, 1.82) is 0 Å². The quantitative estimate of drug-likeness (QED) is 0.165. The minimum Gasteiger partial charge on any atom is -0.494 e. The fourth-order valence-corrected chi connectivity index (χ4v) is 3.40. The number of esters is 2. The topological polar surface area (TPSA) is 82.1 Å². The molecule has 0 saturated heterocycles. The van der Waals surface area contributed by atoms with Crippen LogP contribution in [0.4, 0.5) is 0 Å². The van der Waals surface area contributed by atoms with Crippen LogP contribution in [-0.2, 0) is 4.74 Å². The average molecular weight is 471 g/mol. The van der Waals surface area contributed by atoms with E-state index < -0.39 is 11.9 Å². The molecule has 2 aromatic carbocycles. The van der Waals surface area contributed by atoms with Gasteiger partial charge in [-0.15, -0.1) is 0 Å². The highest BCUT2D eigenvalue weighted by Crippen LogP contribution is 2.18. The smallest absolute Gasteiger partial charge is 0.343 e. The van der Waals surface area contributed by atoms with Crippen molar-refractivity contribution in [3.05, 3.63) is 59.7 Å². The van der Waals surface area contributed by atoms with Gasteiger partial charge in [0.15, 0.2) is 0 Å². The SMILES string of the molecule is CCCCCCCCCCOc1ccc(C(=O)Oc2ccc(C(=O)OCCCCO)cc2)cc1. The maximum atomic E-state index is 12.4. The van der Waals surface area contributed by atoms with Gasteiger partial charge in [0.25, 0.3) is 0 Å². The summed E-state index contributed by atoms with van der Waals surface area (Å²) in [5.74, 6) is 0.158. The van der Waals surface area contributed by atoms with Crippen LogP contribution < -0.4 is 9.47 Å². The molecule has 1 N–H and O–H groups in total. The van der Waals surface area contributed by atoms with Crippen molar-refractivity contribution in [1.82, 2.24) is 0 Å². The molecule has 0 unspecified atom stereocenters. The Bertz CT molecular complexity index is 829. The van der Waals surface area contributed by atoms with E-state index in [1.807, 2.05) is 0 Å². The zero-order valence-corrected chi connectivity index (χ0v) is 20.3. The second kappa shape index (κ2) is 16.7. The van der Waals surface area contributed by atoms with E-state index in [-0.39, 0.29) is 13.2 Å². The number of rotatable bonds is 17. The number of aliphatic hydroxyl groups is 1. The molecule has 0 heterocycles. The molecule has 0 fully saturated rings. The van der Waals surface area contributed by atoms with Gasteiger partial charge in [-0.1, -0.05) is 51.9 Å². The van der Waals surface area contributed by atoms with Crippen LogP contribution in [0.1, 0.15) is 91.8 Å². The Morgan fingerprint density at radius 3 is 1.79 bits per heavy atom. The standard InChI is InChI=1S/C28H38O6/c1-2-3-4-5-6-7-8-10-21-32-25-16-12-24(13-17-25)28(31)34-26-18-14-23(15-19-26)27(30)33-22-11-9-20-29/h12-19,29H,2-11,20-22H2,1H3. The molecule has 0 spiro atoms. The molecular formula is C28H38O6. The Morgan fingerprint density at radius 2 is 1.18 bits per heavy atom. The molecule has 0 radical (unpaired) electrons. The van der Waals surface area contributed by atoms with Gasteiger partial charge in [-0.2, -0.15) is 0 Å². The maximum Gasteiger partial charge on any atom is 0.343 e. The Morgan fingerprint density at radius 1 is 0.647 bits per heavy atom. The molecule has 186 valence electrons. The molecule has 0 aromatic heterocycles. The Balaban J connectivity index is 1.68. The number of benzene rings is 2. The summed E-state index contributed by atoms with van der Waals surface area (Å²) in [4.78, 5) is 24.4. The summed E-state index contributed by atoms with van der Waals surface area (Å²) in [5.41, 5.74) is 0.800. The van der Waals surface area contributed by atoms with E-state index in [0.717, 1.165) is 12.2 Å². The molecular weight excluding hydrogens is 432 g/mol. The molecule has 34 heavy (non-hydrogen) atoms. The fourth-order valence-electron chi connectivity index (χ4n) is 3.40. The number of hydrogen-bond acceptors (Lipinski definition) is 6. The van der Waals surface area contributed by atoms with E-state index in [2.05, 4.69) is 6.92 Å². The zero-order chi connectivity index (χ0) is 24.4. The molecule has 0 bridgehead atoms. The van der Waals surface area contributed by atoms with Crippen LogP contribution in [0.3, 0.4) is 0 Å². The molecule has 6 nitrogen and oxygen atoms in total. The van der Waals surface area contributed by atoms with Crippen LogP contribution >= 0.6 is 0 Å². The lowest BCUT2D eigenvalue weighted by molar-refractivity contribution is 0.0492. The second-order valence-corrected chi connectivity index (χ2v) is 8.33. The minimum absolute atomic E-state index is 0.0761. The molecule has 0 saturated carbocycles. The fraction of sp³-hybridized carbons (Fsp3) is 0.500. The Labute approximate surface area is 203 Å². The Hall–Kier alpha value is -2.86. The van der Waals surface area contributed by atoms with Gasteiger partial charge < -0.3 is 19.3 Å². The van der Waals surface area contributed by atoms with Crippen molar-refractivity contribution >= 4 is 11.9 Å². The third-order valence-corrected chi connectivity index (χ3v) is 5.44. The average Bonchev–Trinajstić information content (AvgIpc) is 2.86. The van der Waals surface area contributed by atoms with Crippen LogP contribution in [0.5, 0.6) is 11.5 Å². The normalized spacial score (nSPS) is 10.6. The summed E-state index contributed by atoms with van der Waals surface area (Å²) >= 11 is 0. The van der Waals surface area contributed by atoms with Gasteiger partial charge in [-0.05, 0) is 67.8 Å². The lowest BCUT2D eigenvalue weighted by Crippen LogP contribution is -2.09. The summed E-state index contributed by atoms with van der Waals surface area (Å²) in [6.07, 6.45) is 11.3. The summed E-state index contributed by atoms with van der Waals surface area (Å²) in [6, 6.07) is 13.1. The second-order valence-electron chi connectivity index (χ2n) is 8.33. The van der Waals surface area contributed by atoms with E-state index in [1.165, 1.54) is 44.9 Å². The molecule has 2 rings (SSSR count). The number of aliphatic hydroxyl groups excluding tert-OH is 1. The molecule has 0 aliphatic heterocycles. The van der Waals surface area contributed by atoms with Gasteiger partial charge in [0.1, 0.15) is 11.5 Å². The van der Waals surface area contributed by atoms with Crippen LogP contribution in [0.25, 0.3) is 0 Å². The minimum atomic E-state index is -0.478. The highest BCUT2D eigenvalue weighted by atomic mass is 16.5. The number of unbranched alkanes of at least 4 members (excludes halogenated alkanes) is 8. The van der Waals surface area contributed by atoms with E-state index >= 15 is 0 Å². The van der Waals surface area contributed by atoms with Gasteiger partial charge in [0.05, 0.1) is 24.3 Å². The predicted octanol–water partition coefficient (Wildman–Crippen LogP) is 6.35. The van der Waals surface area contributed by atoms with E-state index in [9.17, 15) is 9.59 Å². The summed E-state index contributed by atoms with van der Waals surface area (Å²) in [7, 11) is 0. The van der Waals surface area contributed by atoms with E-state index in [4.69, 9.17) is 19.3 Å². The lowest BCUT2D eigenvalue weighted by Gasteiger charge is -2.08. The first kappa shape index (κ1) is 27.4. The van der Waals surface area contributed by atoms with Crippen molar-refractivity contribution in [2.45, 2.75) is 71.1 Å². The number of hydrogen-bond donors (Lipinski definition) is 1. The largest absolute Gasteiger partial charge is 0.494 e. The van der Waals surface area contributed by atoms with Crippen LogP contribution in [0.2, 0.25) is 0 Å². The van der Waals surface area contributed by atoms with Gasteiger partial charge in [-0.25, -0.2) is 9.59 Å². The zero-order valence-electron chi connectivity index (χ0n) is 20.3. The molecule has 0 aliphatic rings. The molecule has 2 aromatic rings. The van der Waals surface area contributed by atoms with Crippen molar-refractivity contribution in [2.75, 3.05) is 19.8 Å². The van der Waals surface area contributed by atoms with Gasteiger partial charge in [-0.3, -0.25) is 0 Å². The maximum absolute atomic E-state index is 12.4. The highest BCUT2D eigenvalue weighted by molar-refractivity contribution is 5.92. The van der Waals surface area contributed by atoms with E-state index in [1.54, 1.807) is 48.5 Å². The summed E-state index contributed by atoms with van der Waals surface area (Å²) in [6.45, 7) is 3.24. The third-order valence-electron chi connectivity index (χ3n) is 5.44.